The smallest absolute Gasteiger partial charge is 0.293 e. The molecule has 0 unspecified atom stereocenters. The fraction of sp³-hybridized carbons (Fsp3) is 0.179. The number of halogens is 2. The van der Waals surface area contributed by atoms with E-state index in [9.17, 15) is 14.4 Å². The van der Waals surface area contributed by atoms with Crippen molar-refractivity contribution in [1.82, 2.24) is 4.90 Å². The van der Waals surface area contributed by atoms with E-state index >= 15 is 0 Å². The molecule has 8 nitrogen and oxygen atoms in total. The van der Waals surface area contributed by atoms with Crippen LogP contribution in [0.25, 0.3) is 6.08 Å². The van der Waals surface area contributed by atoms with E-state index in [1.54, 1.807) is 48.5 Å². The van der Waals surface area contributed by atoms with Gasteiger partial charge in [-0.1, -0.05) is 35.3 Å². The number of nitrogens with one attached hydrogen (secondary N) is 1. The number of hydrogen-bond donors (Lipinski definition) is 1. The molecule has 0 saturated carbocycles. The molecule has 4 rings (SSSR count). The van der Waals surface area contributed by atoms with Crippen LogP contribution < -0.4 is 19.5 Å². The highest BCUT2D eigenvalue weighted by molar-refractivity contribution is 8.18. The van der Waals surface area contributed by atoms with Crippen LogP contribution in [0.15, 0.2) is 65.6 Å². The van der Waals surface area contributed by atoms with E-state index in [0.29, 0.717) is 22.0 Å². The number of hydrogen-bond acceptors (Lipinski definition) is 7. The van der Waals surface area contributed by atoms with Crippen LogP contribution in [0.2, 0.25) is 10.0 Å². The molecule has 1 N–H and O–H groups in total. The number of benzene rings is 3. The molecule has 1 saturated heterocycles. The first-order valence-electron chi connectivity index (χ1n) is 11.7. The van der Waals surface area contributed by atoms with Gasteiger partial charge in [-0.15, -0.1) is 0 Å². The molecule has 3 amide bonds. The van der Waals surface area contributed by atoms with Gasteiger partial charge in [0, 0.05) is 10.7 Å². The molecule has 0 radical (unpaired) electrons. The Morgan fingerprint density at radius 2 is 1.82 bits per heavy atom. The number of rotatable bonds is 10. The molecule has 202 valence electrons. The summed E-state index contributed by atoms with van der Waals surface area (Å²) < 4.78 is 16.7. The minimum Gasteiger partial charge on any atom is -0.493 e. The number of methoxy groups -OCH3 is 1. The Labute approximate surface area is 239 Å². The first-order valence-corrected chi connectivity index (χ1v) is 13.3. The lowest BCUT2D eigenvalue weighted by Gasteiger charge is -2.14. The van der Waals surface area contributed by atoms with Crippen LogP contribution in [-0.2, 0) is 9.59 Å². The Kier molecular flexibility index (Phi) is 9.40. The molecule has 1 heterocycles. The van der Waals surface area contributed by atoms with Crippen LogP contribution in [0.1, 0.15) is 11.1 Å². The minimum atomic E-state index is -0.437. The van der Waals surface area contributed by atoms with Crippen molar-refractivity contribution in [3.63, 3.8) is 0 Å². The van der Waals surface area contributed by atoms with Crippen molar-refractivity contribution in [2.45, 2.75) is 6.92 Å². The van der Waals surface area contributed by atoms with Gasteiger partial charge in [0.05, 0.1) is 23.6 Å². The zero-order valence-corrected chi connectivity index (χ0v) is 23.4. The lowest BCUT2D eigenvalue weighted by Crippen LogP contribution is -2.32. The van der Waals surface area contributed by atoms with Crippen LogP contribution in [0.3, 0.4) is 0 Å². The van der Waals surface area contributed by atoms with Crippen LogP contribution in [0.5, 0.6) is 17.2 Å². The number of thioether (sulfide) groups is 1. The van der Waals surface area contributed by atoms with E-state index in [-0.39, 0.29) is 47.1 Å². The van der Waals surface area contributed by atoms with E-state index in [1.807, 2.05) is 25.1 Å². The van der Waals surface area contributed by atoms with Gasteiger partial charge in [0.1, 0.15) is 12.4 Å². The highest BCUT2D eigenvalue weighted by Crippen LogP contribution is 2.39. The largest absolute Gasteiger partial charge is 0.493 e. The average molecular weight is 587 g/mol. The standard InChI is InChI=1S/C28H24Cl2N2O6S/c1-17-4-3-5-20(12-17)31-25(33)16-38-26-22(30)13-18(14-23(26)36-2)15-24-27(34)32(28(35)39-24)10-11-37-21-8-6-19(29)7-9-21/h3-9,12-15H,10-11,16H2,1-2H3,(H,31,33)/b24-15-. The Hall–Kier alpha value is -3.66. The zero-order chi connectivity index (χ0) is 27.9. The van der Waals surface area contributed by atoms with Gasteiger partial charge >= 0.3 is 0 Å². The summed E-state index contributed by atoms with van der Waals surface area (Å²) in [7, 11) is 1.43. The zero-order valence-electron chi connectivity index (χ0n) is 21.0. The summed E-state index contributed by atoms with van der Waals surface area (Å²) in [4.78, 5) is 39.0. The molecule has 3 aromatic carbocycles. The van der Waals surface area contributed by atoms with Gasteiger partial charge in [-0.3, -0.25) is 19.3 Å². The first-order chi connectivity index (χ1) is 18.7. The van der Waals surface area contributed by atoms with Crippen molar-refractivity contribution in [3.05, 3.63) is 86.7 Å². The predicted molar refractivity (Wildman–Crippen MR) is 153 cm³/mol. The summed E-state index contributed by atoms with van der Waals surface area (Å²) in [6, 6.07) is 17.4. The van der Waals surface area contributed by atoms with Crippen molar-refractivity contribution in [2.75, 3.05) is 32.2 Å². The Morgan fingerprint density at radius 1 is 1.05 bits per heavy atom. The Balaban J connectivity index is 1.39. The fourth-order valence-corrected chi connectivity index (χ4v) is 4.92. The number of amides is 3. The molecule has 11 heteroatoms. The van der Waals surface area contributed by atoms with Crippen molar-refractivity contribution >= 4 is 63.8 Å². The van der Waals surface area contributed by atoms with Crippen molar-refractivity contribution in [1.29, 1.82) is 0 Å². The van der Waals surface area contributed by atoms with Gasteiger partial charge in [-0.25, -0.2) is 0 Å². The van der Waals surface area contributed by atoms with E-state index in [4.69, 9.17) is 37.4 Å². The summed E-state index contributed by atoms with van der Waals surface area (Å²) in [5, 5.41) is 3.12. The molecule has 3 aromatic rings. The lowest BCUT2D eigenvalue weighted by molar-refractivity contribution is -0.123. The number of imide groups is 1. The first kappa shape index (κ1) is 28.4. The quantitative estimate of drug-likeness (QED) is 0.273. The number of carbonyl (C=O) groups is 3. The Bertz CT molecular complexity index is 1430. The summed E-state index contributed by atoms with van der Waals surface area (Å²) in [6.07, 6.45) is 1.55. The van der Waals surface area contributed by atoms with Crippen LogP contribution in [-0.4, -0.2) is 48.8 Å². The van der Waals surface area contributed by atoms with Crippen molar-refractivity contribution in [2.24, 2.45) is 0 Å². The van der Waals surface area contributed by atoms with E-state index in [2.05, 4.69) is 5.32 Å². The van der Waals surface area contributed by atoms with E-state index in [0.717, 1.165) is 22.2 Å². The third-order valence-electron chi connectivity index (χ3n) is 5.47. The maximum atomic E-state index is 12.9. The number of anilines is 1. The highest BCUT2D eigenvalue weighted by Gasteiger charge is 2.35. The maximum Gasteiger partial charge on any atom is 0.293 e. The third kappa shape index (κ3) is 7.47. The molecule has 1 aliphatic heterocycles. The van der Waals surface area contributed by atoms with Crippen LogP contribution in [0.4, 0.5) is 10.5 Å². The molecule has 0 aromatic heterocycles. The van der Waals surface area contributed by atoms with Gasteiger partial charge in [0.15, 0.2) is 18.1 Å². The van der Waals surface area contributed by atoms with Crippen molar-refractivity contribution in [3.8, 4) is 17.2 Å². The van der Waals surface area contributed by atoms with Crippen LogP contribution >= 0.6 is 35.0 Å². The molecule has 0 atom stereocenters. The molecule has 0 bridgehead atoms. The van der Waals surface area contributed by atoms with E-state index < -0.39 is 11.1 Å². The van der Waals surface area contributed by atoms with Gasteiger partial charge < -0.3 is 19.5 Å². The topological polar surface area (TPSA) is 94.2 Å². The van der Waals surface area contributed by atoms with Gasteiger partial charge in [0.2, 0.25) is 0 Å². The van der Waals surface area contributed by atoms with Gasteiger partial charge in [0.25, 0.3) is 17.1 Å². The second kappa shape index (κ2) is 12.9. The van der Waals surface area contributed by atoms with Crippen LogP contribution in [0, 0.1) is 6.92 Å². The summed E-state index contributed by atoms with van der Waals surface area (Å²) in [5.41, 5.74) is 2.19. The second-order valence-corrected chi connectivity index (χ2v) is 10.2. The normalized spacial score (nSPS) is 14.1. The predicted octanol–water partition coefficient (Wildman–Crippen LogP) is 6.44. The molecular formula is C28H24Cl2N2O6S. The second-order valence-electron chi connectivity index (χ2n) is 8.38. The number of aryl methyl sites for hydroxylation is 1. The molecule has 0 aliphatic carbocycles. The summed E-state index contributed by atoms with van der Waals surface area (Å²) >= 11 is 13.1. The maximum absolute atomic E-state index is 12.9. The Morgan fingerprint density at radius 3 is 2.54 bits per heavy atom. The number of ether oxygens (including phenoxy) is 3. The molecule has 1 aliphatic rings. The molecule has 0 spiro atoms. The summed E-state index contributed by atoms with van der Waals surface area (Å²) in [6.45, 7) is 1.86. The lowest BCUT2D eigenvalue weighted by atomic mass is 10.1. The third-order valence-corrected chi connectivity index (χ3v) is 6.91. The number of carbonyl (C=O) groups excluding carboxylic acids is 3. The average Bonchev–Trinajstić information content (AvgIpc) is 3.16. The van der Waals surface area contributed by atoms with Gasteiger partial charge in [-0.05, 0) is 84.4 Å². The molecule has 39 heavy (non-hydrogen) atoms. The van der Waals surface area contributed by atoms with E-state index in [1.165, 1.54) is 7.11 Å². The minimum absolute atomic E-state index is 0.0894. The van der Waals surface area contributed by atoms with Crippen molar-refractivity contribution < 1.29 is 28.6 Å². The fourth-order valence-electron chi connectivity index (χ4n) is 3.65. The molecular weight excluding hydrogens is 563 g/mol. The number of nitrogens with zero attached hydrogens (tertiary/aromatic N) is 1. The van der Waals surface area contributed by atoms with Gasteiger partial charge in [-0.2, -0.15) is 0 Å². The summed E-state index contributed by atoms with van der Waals surface area (Å²) in [5.74, 6) is 0.235. The molecule has 1 fully saturated rings. The SMILES string of the molecule is COc1cc(/C=C2\SC(=O)N(CCOc3ccc(Cl)cc3)C2=O)cc(Cl)c1OCC(=O)Nc1cccc(C)c1. The monoisotopic (exact) mass is 586 g/mol. The highest BCUT2D eigenvalue weighted by atomic mass is 35.5.